The Morgan fingerprint density at radius 2 is 1.75 bits per heavy atom. The molecule has 2 N–H and O–H groups in total. The highest BCUT2D eigenvalue weighted by molar-refractivity contribution is 6.31. The quantitative estimate of drug-likeness (QED) is 0.660. The van der Waals surface area contributed by atoms with Crippen LogP contribution in [-0.2, 0) is 11.3 Å². The number of hydrogen-bond donors (Lipinski definition) is 2. The SMILES string of the molecule is CC(C)C(=O)Nc1cc(C(=O)NCc2ccccc2Cl)nn1-c1ccccc1. The van der Waals surface area contributed by atoms with Crippen LogP contribution in [0.3, 0.4) is 0 Å². The molecule has 0 aliphatic heterocycles. The third-order valence-electron chi connectivity index (χ3n) is 4.12. The predicted octanol–water partition coefficient (Wildman–Crippen LogP) is 4.05. The minimum absolute atomic E-state index is 0.153. The number of amides is 2. The highest BCUT2D eigenvalue weighted by Crippen LogP contribution is 2.19. The van der Waals surface area contributed by atoms with Gasteiger partial charge in [0.1, 0.15) is 5.82 Å². The summed E-state index contributed by atoms with van der Waals surface area (Å²) in [5.74, 6) is -0.265. The van der Waals surface area contributed by atoms with Gasteiger partial charge in [-0.2, -0.15) is 5.10 Å². The molecule has 0 spiro atoms. The molecule has 0 saturated carbocycles. The number of nitrogens with zero attached hydrogens (tertiary/aromatic N) is 2. The maximum atomic E-state index is 12.6. The number of para-hydroxylation sites is 1. The van der Waals surface area contributed by atoms with Crippen LogP contribution in [0.2, 0.25) is 5.02 Å². The molecule has 2 amide bonds. The second-order valence-electron chi connectivity index (χ2n) is 6.58. The lowest BCUT2D eigenvalue weighted by Crippen LogP contribution is -2.23. The molecule has 0 aliphatic rings. The second-order valence-corrected chi connectivity index (χ2v) is 6.99. The van der Waals surface area contributed by atoms with Crippen LogP contribution in [0.15, 0.2) is 60.7 Å². The average Bonchev–Trinajstić information content (AvgIpc) is 3.11. The number of aromatic nitrogens is 2. The van der Waals surface area contributed by atoms with Crippen LogP contribution < -0.4 is 10.6 Å². The summed E-state index contributed by atoms with van der Waals surface area (Å²) in [6, 6.07) is 18.2. The normalized spacial score (nSPS) is 10.7. The summed E-state index contributed by atoms with van der Waals surface area (Å²) in [5, 5.41) is 10.6. The number of anilines is 1. The van der Waals surface area contributed by atoms with Crippen molar-refractivity contribution >= 4 is 29.2 Å². The molecule has 0 radical (unpaired) electrons. The Bertz CT molecular complexity index is 983. The van der Waals surface area contributed by atoms with Crippen LogP contribution in [-0.4, -0.2) is 21.6 Å². The molecule has 0 atom stereocenters. The largest absolute Gasteiger partial charge is 0.347 e. The second kappa shape index (κ2) is 8.71. The fourth-order valence-corrected chi connectivity index (χ4v) is 2.73. The number of benzene rings is 2. The van der Waals surface area contributed by atoms with E-state index in [4.69, 9.17) is 11.6 Å². The zero-order chi connectivity index (χ0) is 20.1. The molecule has 0 fully saturated rings. The van der Waals surface area contributed by atoms with Gasteiger partial charge in [-0.25, -0.2) is 4.68 Å². The first-order valence-corrected chi connectivity index (χ1v) is 9.31. The Labute approximate surface area is 168 Å². The number of halogens is 1. The minimum Gasteiger partial charge on any atom is -0.347 e. The first kappa shape index (κ1) is 19.6. The molecule has 3 rings (SSSR count). The van der Waals surface area contributed by atoms with Gasteiger partial charge in [-0.15, -0.1) is 0 Å². The van der Waals surface area contributed by atoms with Crippen molar-refractivity contribution in [2.75, 3.05) is 5.32 Å². The van der Waals surface area contributed by atoms with E-state index >= 15 is 0 Å². The molecule has 7 heteroatoms. The van der Waals surface area contributed by atoms with Gasteiger partial charge in [-0.05, 0) is 23.8 Å². The maximum Gasteiger partial charge on any atom is 0.272 e. The summed E-state index contributed by atoms with van der Waals surface area (Å²) in [5.41, 5.74) is 1.76. The van der Waals surface area contributed by atoms with Gasteiger partial charge < -0.3 is 10.6 Å². The number of carbonyl (C=O) groups is 2. The summed E-state index contributed by atoms with van der Waals surface area (Å²) < 4.78 is 1.55. The van der Waals surface area contributed by atoms with Crippen molar-refractivity contribution < 1.29 is 9.59 Å². The number of nitrogens with one attached hydrogen (secondary N) is 2. The van der Waals surface area contributed by atoms with Gasteiger partial charge in [0, 0.05) is 23.6 Å². The maximum absolute atomic E-state index is 12.6. The van der Waals surface area contributed by atoms with Crippen molar-refractivity contribution in [1.82, 2.24) is 15.1 Å². The lowest BCUT2D eigenvalue weighted by molar-refractivity contribution is -0.118. The van der Waals surface area contributed by atoms with Crippen molar-refractivity contribution in [1.29, 1.82) is 0 Å². The Kier molecular flexibility index (Phi) is 6.11. The molecule has 28 heavy (non-hydrogen) atoms. The Hall–Kier alpha value is -3.12. The van der Waals surface area contributed by atoms with Gasteiger partial charge in [0.05, 0.1) is 5.69 Å². The third kappa shape index (κ3) is 4.58. The van der Waals surface area contributed by atoms with Crippen LogP contribution in [0.5, 0.6) is 0 Å². The highest BCUT2D eigenvalue weighted by Gasteiger charge is 2.18. The Morgan fingerprint density at radius 3 is 2.43 bits per heavy atom. The molecule has 0 aliphatic carbocycles. The molecule has 2 aromatic carbocycles. The van der Waals surface area contributed by atoms with Crippen LogP contribution in [0.4, 0.5) is 5.82 Å². The van der Waals surface area contributed by atoms with Crippen LogP contribution in [0.25, 0.3) is 5.69 Å². The van der Waals surface area contributed by atoms with E-state index in [0.717, 1.165) is 11.3 Å². The van der Waals surface area contributed by atoms with E-state index in [2.05, 4.69) is 15.7 Å². The van der Waals surface area contributed by atoms with Crippen LogP contribution in [0, 0.1) is 5.92 Å². The molecular formula is C21H21ClN4O2. The zero-order valence-corrected chi connectivity index (χ0v) is 16.4. The summed E-state index contributed by atoms with van der Waals surface area (Å²) in [6.07, 6.45) is 0. The van der Waals surface area contributed by atoms with Gasteiger partial charge in [-0.3, -0.25) is 9.59 Å². The monoisotopic (exact) mass is 396 g/mol. The van der Waals surface area contributed by atoms with E-state index < -0.39 is 0 Å². The summed E-state index contributed by atoms with van der Waals surface area (Å²) in [7, 11) is 0. The lowest BCUT2D eigenvalue weighted by Gasteiger charge is -2.10. The fraction of sp³-hybridized carbons (Fsp3) is 0.190. The van der Waals surface area contributed by atoms with Crippen molar-refractivity contribution in [2.24, 2.45) is 5.92 Å². The number of hydrogen-bond acceptors (Lipinski definition) is 3. The highest BCUT2D eigenvalue weighted by atomic mass is 35.5. The van der Waals surface area contributed by atoms with Gasteiger partial charge in [0.15, 0.2) is 5.69 Å². The molecule has 3 aromatic rings. The molecule has 1 heterocycles. The smallest absolute Gasteiger partial charge is 0.272 e. The van der Waals surface area contributed by atoms with E-state index in [1.54, 1.807) is 30.7 Å². The van der Waals surface area contributed by atoms with E-state index in [0.29, 0.717) is 10.8 Å². The predicted molar refractivity (Wildman–Crippen MR) is 110 cm³/mol. The first-order valence-electron chi connectivity index (χ1n) is 8.93. The van der Waals surface area contributed by atoms with Gasteiger partial charge in [0.2, 0.25) is 5.91 Å². The number of rotatable bonds is 6. The minimum atomic E-state index is -0.352. The zero-order valence-electron chi connectivity index (χ0n) is 15.6. The molecule has 1 aromatic heterocycles. The molecule has 0 unspecified atom stereocenters. The van der Waals surface area contributed by atoms with Crippen molar-refractivity contribution in [3.63, 3.8) is 0 Å². The molecule has 0 saturated heterocycles. The van der Waals surface area contributed by atoms with E-state index in [1.165, 1.54) is 0 Å². The van der Waals surface area contributed by atoms with Gasteiger partial charge in [-0.1, -0.05) is 61.8 Å². The standard InChI is InChI=1S/C21H21ClN4O2/c1-14(2)20(27)24-19-12-18(25-26(19)16-9-4-3-5-10-16)21(28)23-13-15-8-6-7-11-17(15)22/h3-12,14H,13H2,1-2H3,(H,23,28)(H,24,27). The number of carbonyl (C=O) groups excluding carboxylic acids is 2. The van der Waals surface area contributed by atoms with E-state index in [9.17, 15) is 9.59 Å². The first-order chi connectivity index (χ1) is 13.5. The van der Waals surface area contributed by atoms with E-state index in [1.807, 2.05) is 48.5 Å². The third-order valence-corrected chi connectivity index (χ3v) is 4.48. The van der Waals surface area contributed by atoms with E-state index in [-0.39, 0.29) is 30.0 Å². The summed E-state index contributed by atoms with van der Waals surface area (Å²) in [6.45, 7) is 3.88. The van der Waals surface area contributed by atoms with Crippen molar-refractivity contribution in [3.8, 4) is 5.69 Å². The van der Waals surface area contributed by atoms with Crippen molar-refractivity contribution in [2.45, 2.75) is 20.4 Å². The molecule has 0 bridgehead atoms. The summed E-state index contributed by atoms with van der Waals surface area (Å²) in [4.78, 5) is 24.8. The Morgan fingerprint density at radius 1 is 1.07 bits per heavy atom. The van der Waals surface area contributed by atoms with Gasteiger partial charge in [0.25, 0.3) is 5.91 Å². The molecule has 144 valence electrons. The topological polar surface area (TPSA) is 76.0 Å². The average molecular weight is 397 g/mol. The van der Waals surface area contributed by atoms with Gasteiger partial charge >= 0.3 is 0 Å². The Balaban J connectivity index is 1.84. The molecule has 6 nitrogen and oxygen atoms in total. The van der Waals surface area contributed by atoms with Crippen LogP contribution in [0.1, 0.15) is 29.9 Å². The van der Waals surface area contributed by atoms with Crippen LogP contribution >= 0.6 is 11.6 Å². The summed E-state index contributed by atoms with van der Waals surface area (Å²) >= 11 is 6.13. The lowest BCUT2D eigenvalue weighted by atomic mass is 10.2. The van der Waals surface area contributed by atoms with Crippen molar-refractivity contribution in [3.05, 3.63) is 76.9 Å². The molecular weight excluding hydrogens is 376 g/mol. The fourth-order valence-electron chi connectivity index (χ4n) is 2.53.